The Morgan fingerprint density at radius 1 is 1.13 bits per heavy atom. The molecule has 0 saturated carbocycles. The summed E-state index contributed by atoms with van der Waals surface area (Å²) in [6.07, 6.45) is 0.716. The minimum absolute atomic E-state index is 0.194. The van der Waals surface area contributed by atoms with Crippen LogP contribution in [0.5, 0.6) is 0 Å². The number of ether oxygens (including phenoxy) is 1. The number of nitrogens with zero attached hydrogens (tertiary/aromatic N) is 3. The Bertz CT molecular complexity index is 775. The molecule has 1 aromatic heterocycles. The van der Waals surface area contributed by atoms with E-state index in [1.807, 2.05) is 0 Å². The minimum Gasteiger partial charge on any atom is -0.443 e. The van der Waals surface area contributed by atoms with E-state index >= 15 is 0 Å². The molecule has 23 heavy (non-hydrogen) atoms. The Morgan fingerprint density at radius 2 is 1.65 bits per heavy atom. The summed E-state index contributed by atoms with van der Waals surface area (Å²) in [5, 5.41) is 7.04. The predicted octanol–water partition coefficient (Wildman–Crippen LogP) is 0.311. The molecule has 0 bridgehead atoms. The van der Waals surface area contributed by atoms with Crippen molar-refractivity contribution in [3.8, 4) is 0 Å². The first-order chi connectivity index (χ1) is 10.2. The van der Waals surface area contributed by atoms with Gasteiger partial charge in [-0.05, 0) is 20.8 Å². The van der Waals surface area contributed by atoms with Gasteiger partial charge in [0.25, 0.3) is 0 Å². The van der Waals surface area contributed by atoms with Gasteiger partial charge in [0, 0.05) is 6.26 Å². The van der Waals surface area contributed by atoms with E-state index in [1.54, 1.807) is 20.8 Å². The van der Waals surface area contributed by atoms with E-state index in [-0.39, 0.29) is 11.8 Å². The molecular weight excluding hydrogens is 350 g/mol. The molecule has 0 aliphatic carbocycles. The summed E-state index contributed by atoms with van der Waals surface area (Å²) in [6.45, 7) is 4.21. The lowest BCUT2D eigenvalue weighted by Gasteiger charge is -2.24. The van der Waals surface area contributed by atoms with Gasteiger partial charge in [0.15, 0.2) is 9.84 Å². The quantitative estimate of drug-likeness (QED) is 0.718. The summed E-state index contributed by atoms with van der Waals surface area (Å²) in [5.41, 5.74) is -0.893. The second-order valence-electron chi connectivity index (χ2n) is 5.91. The molecule has 0 unspecified atom stereocenters. The summed E-state index contributed by atoms with van der Waals surface area (Å²) >= 11 is 0. The second-order valence-corrected chi connectivity index (χ2v) is 9.96. The second kappa shape index (κ2) is 6.43. The Balaban J connectivity index is 2.98. The average molecular weight is 369 g/mol. The third-order valence-corrected chi connectivity index (χ3v) is 4.02. The van der Waals surface area contributed by atoms with Crippen LogP contribution in [0.2, 0.25) is 0 Å². The van der Waals surface area contributed by atoms with E-state index in [4.69, 9.17) is 9.15 Å². The molecule has 1 amide bonds. The van der Waals surface area contributed by atoms with Crippen LogP contribution in [0, 0.1) is 0 Å². The Morgan fingerprint density at radius 3 is 2.09 bits per heavy atom. The maximum Gasteiger partial charge on any atom is 0.424 e. The monoisotopic (exact) mass is 369 g/mol. The van der Waals surface area contributed by atoms with Crippen LogP contribution in [-0.2, 0) is 36.9 Å². The van der Waals surface area contributed by atoms with Crippen molar-refractivity contribution in [1.29, 1.82) is 0 Å². The molecule has 0 saturated heterocycles. The first kappa shape index (κ1) is 19.4. The standard InChI is InChI=1S/C11H19N3O7S2/c1-11(2,3)21-10(15)14(23(5,18)19)6-8-12-13-9(20-8)7-22(4,16)17/h6-7H2,1-5H3. The van der Waals surface area contributed by atoms with E-state index in [9.17, 15) is 21.6 Å². The molecule has 1 aromatic rings. The van der Waals surface area contributed by atoms with Crippen molar-refractivity contribution < 1.29 is 30.8 Å². The van der Waals surface area contributed by atoms with Crippen molar-refractivity contribution in [2.75, 3.05) is 12.5 Å². The number of amides is 1. The molecule has 0 N–H and O–H groups in total. The average Bonchev–Trinajstić information content (AvgIpc) is 2.66. The zero-order chi connectivity index (χ0) is 18.1. The Kier molecular flexibility index (Phi) is 5.41. The largest absolute Gasteiger partial charge is 0.443 e. The molecule has 0 spiro atoms. The topological polar surface area (TPSA) is 137 Å². The summed E-state index contributed by atoms with van der Waals surface area (Å²) in [6, 6.07) is 0. The van der Waals surface area contributed by atoms with E-state index in [2.05, 4.69) is 10.2 Å². The summed E-state index contributed by atoms with van der Waals surface area (Å²) < 4.78 is 56.3. The van der Waals surface area contributed by atoms with Crippen molar-refractivity contribution in [1.82, 2.24) is 14.5 Å². The van der Waals surface area contributed by atoms with Crippen LogP contribution in [0.25, 0.3) is 0 Å². The molecular formula is C11H19N3O7S2. The molecule has 0 aromatic carbocycles. The first-order valence-corrected chi connectivity index (χ1v) is 10.3. The molecule has 0 radical (unpaired) electrons. The van der Waals surface area contributed by atoms with Gasteiger partial charge in [-0.15, -0.1) is 10.2 Å². The maximum absolute atomic E-state index is 12.0. The van der Waals surface area contributed by atoms with Crippen molar-refractivity contribution in [2.24, 2.45) is 0 Å². The van der Waals surface area contributed by atoms with Crippen LogP contribution in [-0.4, -0.2) is 55.5 Å². The maximum atomic E-state index is 12.0. The van der Waals surface area contributed by atoms with E-state index in [0.29, 0.717) is 4.31 Å². The van der Waals surface area contributed by atoms with Gasteiger partial charge in [-0.2, -0.15) is 4.31 Å². The number of hydrogen-bond acceptors (Lipinski definition) is 9. The zero-order valence-corrected chi connectivity index (χ0v) is 15.1. The van der Waals surface area contributed by atoms with Crippen molar-refractivity contribution in [2.45, 2.75) is 38.7 Å². The van der Waals surface area contributed by atoms with E-state index in [0.717, 1.165) is 12.5 Å². The van der Waals surface area contributed by atoms with Crippen molar-refractivity contribution in [3.05, 3.63) is 11.8 Å². The van der Waals surface area contributed by atoms with Crippen LogP contribution >= 0.6 is 0 Å². The molecule has 10 nitrogen and oxygen atoms in total. The van der Waals surface area contributed by atoms with Crippen molar-refractivity contribution >= 4 is 26.0 Å². The number of carbonyl (C=O) groups is 1. The smallest absolute Gasteiger partial charge is 0.424 e. The number of sulfonamides is 1. The lowest BCUT2D eigenvalue weighted by Crippen LogP contribution is -2.39. The van der Waals surface area contributed by atoms with Gasteiger partial charge in [0.1, 0.15) is 17.9 Å². The van der Waals surface area contributed by atoms with Gasteiger partial charge in [-0.1, -0.05) is 0 Å². The number of hydrogen-bond donors (Lipinski definition) is 0. The third-order valence-electron chi connectivity index (χ3n) is 2.17. The highest BCUT2D eigenvalue weighted by atomic mass is 32.2. The fraction of sp³-hybridized carbons (Fsp3) is 0.727. The summed E-state index contributed by atoms with van der Waals surface area (Å²) in [5.74, 6) is -0.897. The highest BCUT2D eigenvalue weighted by Crippen LogP contribution is 2.15. The highest BCUT2D eigenvalue weighted by molar-refractivity contribution is 7.89. The van der Waals surface area contributed by atoms with Gasteiger partial charge < -0.3 is 9.15 Å². The minimum atomic E-state index is -3.95. The van der Waals surface area contributed by atoms with Gasteiger partial charge >= 0.3 is 6.09 Å². The SMILES string of the molecule is CC(C)(C)OC(=O)N(Cc1nnc(CS(C)(=O)=O)o1)S(C)(=O)=O. The Hall–Kier alpha value is -1.69. The number of sulfone groups is 1. The molecule has 0 aliphatic rings. The Labute approximate surface area is 134 Å². The van der Waals surface area contributed by atoms with Gasteiger partial charge in [0.2, 0.25) is 21.8 Å². The molecule has 1 rings (SSSR count). The van der Waals surface area contributed by atoms with Gasteiger partial charge in [-0.25, -0.2) is 21.6 Å². The van der Waals surface area contributed by atoms with Crippen LogP contribution in [0.1, 0.15) is 32.6 Å². The molecule has 0 aliphatic heterocycles. The first-order valence-electron chi connectivity index (χ1n) is 6.37. The summed E-state index contributed by atoms with van der Waals surface area (Å²) in [7, 11) is -7.33. The van der Waals surface area contributed by atoms with Crippen LogP contribution in [0.15, 0.2) is 4.42 Å². The number of rotatable bonds is 5. The van der Waals surface area contributed by atoms with E-state index < -0.39 is 43.9 Å². The van der Waals surface area contributed by atoms with Crippen molar-refractivity contribution in [3.63, 3.8) is 0 Å². The van der Waals surface area contributed by atoms with Gasteiger partial charge in [0.05, 0.1) is 6.26 Å². The van der Waals surface area contributed by atoms with Gasteiger partial charge in [-0.3, -0.25) is 0 Å². The number of carbonyl (C=O) groups excluding carboxylic acids is 1. The molecule has 0 atom stereocenters. The normalized spacial score (nSPS) is 12.9. The van der Waals surface area contributed by atoms with Crippen LogP contribution in [0.4, 0.5) is 4.79 Å². The van der Waals surface area contributed by atoms with Crippen LogP contribution in [0.3, 0.4) is 0 Å². The lowest BCUT2D eigenvalue weighted by molar-refractivity contribution is 0.0372. The molecule has 12 heteroatoms. The fourth-order valence-corrected chi connectivity index (χ4v) is 2.61. The zero-order valence-electron chi connectivity index (χ0n) is 13.4. The highest BCUT2D eigenvalue weighted by Gasteiger charge is 2.30. The molecule has 1 heterocycles. The summed E-state index contributed by atoms with van der Waals surface area (Å²) in [4.78, 5) is 12.0. The molecule has 132 valence electrons. The number of aromatic nitrogens is 2. The third kappa shape index (κ3) is 6.95. The fourth-order valence-electron chi connectivity index (χ4n) is 1.39. The predicted molar refractivity (Wildman–Crippen MR) is 79.5 cm³/mol. The van der Waals surface area contributed by atoms with E-state index in [1.165, 1.54) is 0 Å². The molecule has 0 fully saturated rings. The lowest BCUT2D eigenvalue weighted by atomic mass is 10.2. The van der Waals surface area contributed by atoms with Crippen LogP contribution < -0.4 is 0 Å².